The summed E-state index contributed by atoms with van der Waals surface area (Å²) in [5, 5.41) is 8.56. The zero-order valence-electron chi connectivity index (χ0n) is 44.3. The molecule has 0 aromatic rings. The van der Waals surface area contributed by atoms with Gasteiger partial charge >= 0.3 is 23.9 Å². The zero-order valence-corrected chi connectivity index (χ0v) is 44.3. The summed E-state index contributed by atoms with van der Waals surface area (Å²) in [6.45, 7) is 37.0. The number of ether oxygens (including phenoxy) is 6. The van der Waals surface area contributed by atoms with Crippen LogP contribution >= 0.6 is 0 Å². The van der Waals surface area contributed by atoms with Crippen LogP contribution < -0.4 is 0 Å². The van der Waals surface area contributed by atoms with Gasteiger partial charge in [0.2, 0.25) is 11.8 Å². The third-order valence-electron chi connectivity index (χ3n) is 10.8. The van der Waals surface area contributed by atoms with Crippen LogP contribution in [0.15, 0.2) is 0 Å². The van der Waals surface area contributed by atoms with E-state index in [1.54, 1.807) is 14.0 Å². The minimum Gasteiger partial charge on any atom is -0.465 e. The second-order valence-electron chi connectivity index (χ2n) is 17.2. The number of hydrogen-bond donors (Lipinski definition) is 1. The van der Waals surface area contributed by atoms with E-state index >= 15 is 0 Å². The van der Waals surface area contributed by atoms with Crippen LogP contribution in [0.2, 0.25) is 0 Å². The predicted octanol–water partition coefficient (Wildman–Crippen LogP) is 9.97. The first-order chi connectivity index (χ1) is 30.6. The Balaban J connectivity index is -0.000000166. The van der Waals surface area contributed by atoms with Crippen LogP contribution in [0.3, 0.4) is 0 Å². The number of hydrogen-bond acceptors (Lipinski definition) is 13. The Kier molecular flexibility index (Phi) is 55.2. The molecule has 0 aromatic carbocycles. The summed E-state index contributed by atoms with van der Waals surface area (Å²) in [5.41, 5.74) is 0. The second-order valence-corrected chi connectivity index (χ2v) is 17.2. The zero-order chi connectivity index (χ0) is 50.9. The molecule has 2 fully saturated rings. The standard InChI is InChI=1S/C9H17NO2.C9H18O2.C8H15NO.2C8H16O3.C8H16O2.2CH4/c1-3-8(2)9(11)10-4-6-12-7-5-10;1-5-8(4)9(10)11-6-7(2)3;1-3-7(2)9-6-4-5-8(9)10;1-4-7(2)8(9)11-6-5-10-3;1-4-6(2)8(10)11-7(3)5-9;1-4-6-10-8(9)7(3)5-2;;/h8H,3-7H2,1-2H3;7-8H,5-6H2,1-4H3;7H,3-6H2,1-2H3;7H,4-6H2,1-3H3;6-7,9H,4-5H2,1-3H3;7H,4-6H2,1-3H3;2*1H4. The highest BCUT2D eigenvalue weighted by atomic mass is 16.6. The lowest BCUT2D eigenvalue weighted by Gasteiger charge is -2.28. The first kappa shape index (κ1) is 75.2. The van der Waals surface area contributed by atoms with Gasteiger partial charge in [-0.1, -0.05) is 112 Å². The van der Waals surface area contributed by atoms with Crippen molar-refractivity contribution in [1.82, 2.24) is 9.80 Å². The summed E-state index contributed by atoms with van der Waals surface area (Å²) in [4.78, 5) is 70.5. The molecule has 15 heteroatoms. The number of likely N-dealkylation sites (tertiary alicyclic amines) is 1. The van der Waals surface area contributed by atoms with Crippen molar-refractivity contribution in [2.45, 2.75) is 196 Å². The summed E-state index contributed by atoms with van der Waals surface area (Å²) >= 11 is 0. The average Bonchev–Trinajstić information content (AvgIpc) is 3.76. The summed E-state index contributed by atoms with van der Waals surface area (Å²) < 4.78 is 29.6. The van der Waals surface area contributed by atoms with Gasteiger partial charge in [0.15, 0.2) is 0 Å². The van der Waals surface area contributed by atoms with Gasteiger partial charge in [-0.25, -0.2) is 0 Å². The Labute approximate surface area is 410 Å². The molecule has 15 nitrogen and oxygen atoms in total. The van der Waals surface area contributed by atoms with Crippen LogP contribution in [0.5, 0.6) is 0 Å². The number of nitrogens with zero attached hydrogens (tertiary/aromatic N) is 2. The number of aliphatic hydroxyl groups excluding tert-OH is 1. The van der Waals surface area contributed by atoms with Crippen molar-refractivity contribution in [3.63, 3.8) is 0 Å². The van der Waals surface area contributed by atoms with Gasteiger partial charge < -0.3 is 43.3 Å². The molecular formula is C52H106N2O13. The number of carbonyl (C=O) groups is 6. The molecule has 2 amide bonds. The largest absolute Gasteiger partial charge is 0.465 e. The molecule has 2 aliphatic rings. The summed E-state index contributed by atoms with van der Waals surface area (Å²) in [7, 11) is 1.58. The Hall–Kier alpha value is -3.30. The fourth-order valence-electron chi connectivity index (χ4n) is 4.75. The van der Waals surface area contributed by atoms with Crippen molar-refractivity contribution >= 4 is 35.7 Å². The van der Waals surface area contributed by atoms with E-state index in [9.17, 15) is 28.8 Å². The van der Waals surface area contributed by atoms with Crippen molar-refractivity contribution < 1.29 is 62.3 Å². The quantitative estimate of drug-likeness (QED) is 0.0652. The molecule has 0 spiro atoms. The molecule has 7 unspecified atom stereocenters. The van der Waals surface area contributed by atoms with Gasteiger partial charge in [0.25, 0.3) is 0 Å². The molecule has 2 heterocycles. The molecule has 7 atom stereocenters. The third kappa shape index (κ3) is 41.4. The van der Waals surface area contributed by atoms with Gasteiger partial charge in [-0.2, -0.15) is 0 Å². The van der Waals surface area contributed by atoms with Crippen molar-refractivity contribution in [3.05, 3.63) is 0 Å². The number of amides is 2. The lowest BCUT2D eigenvalue weighted by Crippen LogP contribution is -2.43. The first-order valence-electron chi connectivity index (χ1n) is 24.6. The Bertz CT molecular complexity index is 1210. The van der Waals surface area contributed by atoms with E-state index < -0.39 is 0 Å². The molecule has 2 rings (SSSR count). The van der Waals surface area contributed by atoms with Crippen LogP contribution in [-0.4, -0.2) is 136 Å². The Morgan fingerprint density at radius 1 is 0.597 bits per heavy atom. The maximum absolute atomic E-state index is 11.6. The molecule has 0 aliphatic carbocycles. The lowest BCUT2D eigenvalue weighted by molar-refractivity contribution is -0.154. The highest BCUT2D eigenvalue weighted by Crippen LogP contribution is 2.15. The summed E-state index contributed by atoms with van der Waals surface area (Å²) in [5.74, 6) is 0.779. The van der Waals surface area contributed by atoms with E-state index in [1.807, 2.05) is 99.8 Å². The number of rotatable bonds is 21. The van der Waals surface area contributed by atoms with Crippen LogP contribution in [0.1, 0.15) is 183 Å². The number of aliphatic hydroxyl groups is 1. The van der Waals surface area contributed by atoms with E-state index in [0.717, 1.165) is 77.4 Å². The lowest BCUT2D eigenvalue weighted by atomic mass is 10.1. The summed E-state index contributed by atoms with van der Waals surface area (Å²) in [6.07, 6.45) is 7.68. The molecule has 0 aromatic heterocycles. The van der Waals surface area contributed by atoms with Gasteiger partial charge in [0.1, 0.15) is 12.7 Å². The van der Waals surface area contributed by atoms with Gasteiger partial charge in [-0.05, 0) is 71.1 Å². The number of carbonyl (C=O) groups excluding carboxylic acids is 6. The molecule has 67 heavy (non-hydrogen) atoms. The second kappa shape index (κ2) is 49.1. The SMILES string of the molecule is C.C.CCC(C)C(=O)N1CCOCC1.CCC(C)C(=O)OC(C)CO.CCC(C)C(=O)OCC(C)C.CCC(C)C(=O)OCCOC.CCC(C)N1CCCC1=O.CCCOC(=O)C(C)CC. The fraction of sp³-hybridized carbons (Fsp3) is 0.885. The highest BCUT2D eigenvalue weighted by Gasteiger charge is 2.24. The monoisotopic (exact) mass is 967 g/mol. The average molecular weight is 967 g/mol. The van der Waals surface area contributed by atoms with E-state index in [1.165, 1.54) is 0 Å². The molecule has 0 saturated carbocycles. The topological polar surface area (TPSA) is 185 Å². The normalized spacial score (nSPS) is 15.7. The van der Waals surface area contributed by atoms with Gasteiger partial charge in [-0.3, -0.25) is 28.8 Å². The molecule has 2 saturated heterocycles. The molecule has 1 N–H and O–H groups in total. The van der Waals surface area contributed by atoms with Crippen LogP contribution in [-0.2, 0) is 57.2 Å². The van der Waals surface area contributed by atoms with Crippen molar-refractivity contribution in [3.8, 4) is 0 Å². The first-order valence-corrected chi connectivity index (χ1v) is 24.6. The van der Waals surface area contributed by atoms with E-state index in [0.29, 0.717) is 57.5 Å². The van der Waals surface area contributed by atoms with E-state index in [2.05, 4.69) is 13.8 Å². The van der Waals surface area contributed by atoms with Gasteiger partial charge in [0, 0.05) is 45.1 Å². The number of methoxy groups -OCH3 is 1. The predicted molar refractivity (Wildman–Crippen MR) is 271 cm³/mol. The highest BCUT2D eigenvalue weighted by molar-refractivity contribution is 5.79. The molecule has 0 bridgehead atoms. The fourth-order valence-corrected chi connectivity index (χ4v) is 4.75. The van der Waals surface area contributed by atoms with Crippen LogP contribution in [0, 0.1) is 35.5 Å². The Morgan fingerprint density at radius 3 is 1.39 bits per heavy atom. The van der Waals surface area contributed by atoms with Crippen molar-refractivity contribution in [2.24, 2.45) is 35.5 Å². The van der Waals surface area contributed by atoms with Crippen LogP contribution in [0.4, 0.5) is 0 Å². The third-order valence-corrected chi connectivity index (χ3v) is 10.8. The van der Waals surface area contributed by atoms with Gasteiger partial charge in [-0.15, -0.1) is 0 Å². The minimum atomic E-state index is -0.378. The maximum Gasteiger partial charge on any atom is 0.308 e. The van der Waals surface area contributed by atoms with E-state index in [4.69, 9.17) is 33.5 Å². The number of morpholine rings is 1. The molecule has 0 radical (unpaired) electrons. The van der Waals surface area contributed by atoms with Gasteiger partial charge in [0.05, 0.1) is 63.3 Å². The summed E-state index contributed by atoms with van der Waals surface area (Å²) in [6, 6.07) is 0.454. The molecule has 2 aliphatic heterocycles. The maximum atomic E-state index is 11.6. The van der Waals surface area contributed by atoms with Crippen molar-refractivity contribution in [1.29, 1.82) is 0 Å². The molecular weight excluding hydrogens is 861 g/mol. The van der Waals surface area contributed by atoms with E-state index in [-0.39, 0.29) is 86.9 Å². The smallest absolute Gasteiger partial charge is 0.308 e. The molecule has 402 valence electrons. The van der Waals surface area contributed by atoms with Crippen LogP contribution in [0.25, 0.3) is 0 Å². The minimum absolute atomic E-state index is 0. The van der Waals surface area contributed by atoms with Crippen molar-refractivity contribution in [2.75, 3.05) is 73.0 Å². The number of esters is 4. The Morgan fingerprint density at radius 2 is 1.03 bits per heavy atom.